The van der Waals surface area contributed by atoms with Crippen molar-refractivity contribution in [2.45, 2.75) is 6.42 Å². The molecule has 2 rings (SSSR count). The Morgan fingerprint density at radius 1 is 1.47 bits per heavy atom. The van der Waals surface area contributed by atoms with E-state index in [-0.39, 0.29) is 6.42 Å². The van der Waals surface area contributed by atoms with E-state index in [0.29, 0.717) is 17.1 Å². The molecule has 0 fully saturated rings. The summed E-state index contributed by atoms with van der Waals surface area (Å²) in [5.74, 6) is -0.0773. The lowest BCUT2D eigenvalue weighted by molar-refractivity contribution is -0.136. The van der Waals surface area contributed by atoms with Crippen LogP contribution in [0.2, 0.25) is 0 Å². The zero-order chi connectivity index (χ0) is 10.8. The van der Waals surface area contributed by atoms with E-state index in [1.165, 1.54) is 7.11 Å². The van der Waals surface area contributed by atoms with Crippen LogP contribution < -0.4 is 4.74 Å². The fourth-order valence-electron chi connectivity index (χ4n) is 1.55. The molecule has 0 bridgehead atoms. The molecule has 0 aliphatic rings. The Morgan fingerprint density at radius 3 is 2.87 bits per heavy atom. The molecule has 1 N–H and O–H groups in total. The Bertz CT molecular complexity index is 498. The van der Waals surface area contributed by atoms with E-state index in [2.05, 4.69) is 0 Å². The van der Waals surface area contributed by atoms with Crippen molar-refractivity contribution in [2.24, 2.45) is 0 Å². The van der Waals surface area contributed by atoms with Gasteiger partial charge in [0.2, 0.25) is 0 Å². The summed E-state index contributed by atoms with van der Waals surface area (Å²) in [5.41, 5.74) is 0.644. The molecule has 0 saturated heterocycles. The number of methoxy groups -OCH3 is 1. The van der Waals surface area contributed by atoms with E-state index in [4.69, 9.17) is 14.3 Å². The lowest BCUT2D eigenvalue weighted by Gasteiger charge is -1.97. The van der Waals surface area contributed by atoms with Crippen LogP contribution in [0.25, 0.3) is 11.0 Å². The molecule has 0 spiro atoms. The number of benzene rings is 1. The lowest BCUT2D eigenvalue weighted by Crippen LogP contribution is -2.00. The maximum Gasteiger partial charge on any atom is 0.311 e. The van der Waals surface area contributed by atoms with Crippen molar-refractivity contribution in [1.29, 1.82) is 0 Å². The van der Waals surface area contributed by atoms with Gasteiger partial charge in [0, 0.05) is 0 Å². The van der Waals surface area contributed by atoms with Gasteiger partial charge in [0.05, 0.1) is 12.5 Å². The molecule has 4 heteroatoms. The molecule has 0 radical (unpaired) electrons. The highest BCUT2D eigenvalue weighted by molar-refractivity contribution is 5.87. The molecule has 15 heavy (non-hydrogen) atoms. The number of fused-ring (bicyclic) bond motifs is 1. The number of para-hydroxylation sites is 1. The number of furan rings is 1. The molecule has 0 atom stereocenters. The summed E-state index contributed by atoms with van der Waals surface area (Å²) < 4.78 is 10.5. The summed E-state index contributed by atoms with van der Waals surface area (Å²) in [6.07, 6.45) is -0.169. The van der Waals surface area contributed by atoms with Gasteiger partial charge in [-0.05, 0) is 12.1 Å². The Balaban J connectivity index is 2.58. The number of hydrogen-bond acceptors (Lipinski definition) is 3. The molecule has 1 aromatic heterocycles. The lowest BCUT2D eigenvalue weighted by atomic mass is 10.2. The molecule has 0 amide bonds. The highest BCUT2D eigenvalue weighted by atomic mass is 16.5. The smallest absolute Gasteiger partial charge is 0.311 e. The van der Waals surface area contributed by atoms with Crippen molar-refractivity contribution in [1.82, 2.24) is 0 Å². The van der Waals surface area contributed by atoms with Crippen LogP contribution in [0.15, 0.2) is 28.7 Å². The van der Waals surface area contributed by atoms with Gasteiger partial charge >= 0.3 is 5.97 Å². The van der Waals surface area contributed by atoms with Gasteiger partial charge in [-0.25, -0.2) is 0 Å². The number of ether oxygens (including phenoxy) is 1. The van der Waals surface area contributed by atoms with Crippen LogP contribution in [0.1, 0.15) is 5.76 Å². The summed E-state index contributed by atoms with van der Waals surface area (Å²) in [4.78, 5) is 10.6. The van der Waals surface area contributed by atoms with Crippen LogP contribution in [0.3, 0.4) is 0 Å². The summed E-state index contributed by atoms with van der Waals surface area (Å²) in [6, 6.07) is 7.30. The quantitative estimate of drug-likeness (QED) is 0.835. The first-order valence-corrected chi connectivity index (χ1v) is 4.48. The highest BCUT2D eigenvalue weighted by Crippen LogP contribution is 2.32. The Hall–Kier alpha value is -1.97. The van der Waals surface area contributed by atoms with Crippen LogP contribution in [0.4, 0.5) is 0 Å². The number of carbonyl (C=O) groups is 1. The zero-order valence-electron chi connectivity index (χ0n) is 8.19. The van der Waals surface area contributed by atoms with Gasteiger partial charge in [-0.3, -0.25) is 4.79 Å². The fourth-order valence-corrected chi connectivity index (χ4v) is 1.55. The van der Waals surface area contributed by atoms with E-state index in [0.717, 1.165) is 5.39 Å². The normalized spacial score (nSPS) is 10.5. The minimum atomic E-state index is -0.938. The molecular weight excluding hydrogens is 196 g/mol. The second kappa shape index (κ2) is 3.65. The monoisotopic (exact) mass is 206 g/mol. The first kappa shape index (κ1) is 9.58. The summed E-state index contributed by atoms with van der Waals surface area (Å²) in [5, 5.41) is 9.50. The molecule has 78 valence electrons. The largest absolute Gasteiger partial charge is 0.492 e. The number of carboxylic acids is 1. The molecule has 0 saturated carbocycles. The van der Waals surface area contributed by atoms with E-state index < -0.39 is 5.97 Å². The van der Waals surface area contributed by atoms with E-state index in [1.807, 2.05) is 18.2 Å². The molecule has 1 heterocycles. The third-order valence-electron chi connectivity index (χ3n) is 2.13. The predicted molar refractivity (Wildman–Crippen MR) is 54.1 cm³/mol. The van der Waals surface area contributed by atoms with Gasteiger partial charge in [0.15, 0.2) is 11.5 Å². The van der Waals surface area contributed by atoms with Crippen molar-refractivity contribution < 1.29 is 19.1 Å². The van der Waals surface area contributed by atoms with Crippen molar-refractivity contribution in [3.8, 4) is 5.75 Å². The molecule has 1 aromatic carbocycles. The molecule has 2 aromatic rings. The third kappa shape index (κ3) is 1.66. The van der Waals surface area contributed by atoms with Crippen molar-refractivity contribution >= 4 is 16.9 Å². The number of carboxylic acid groups (broad SMARTS) is 1. The molecule has 4 nitrogen and oxygen atoms in total. The topological polar surface area (TPSA) is 59.7 Å². The van der Waals surface area contributed by atoms with Crippen LogP contribution in [-0.2, 0) is 11.2 Å². The molecular formula is C11H10O4. The van der Waals surface area contributed by atoms with Crippen molar-refractivity contribution in [3.05, 3.63) is 30.0 Å². The molecule has 0 unspecified atom stereocenters. The second-order valence-corrected chi connectivity index (χ2v) is 3.13. The van der Waals surface area contributed by atoms with Gasteiger partial charge < -0.3 is 14.3 Å². The maximum absolute atomic E-state index is 10.6. The zero-order valence-corrected chi connectivity index (χ0v) is 8.19. The number of aliphatic carboxylic acids is 1. The van der Waals surface area contributed by atoms with Crippen LogP contribution >= 0.6 is 0 Å². The van der Waals surface area contributed by atoms with Gasteiger partial charge in [0.1, 0.15) is 12.0 Å². The number of hydrogen-bond donors (Lipinski definition) is 1. The molecule has 0 aliphatic carbocycles. The summed E-state index contributed by atoms with van der Waals surface area (Å²) >= 11 is 0. The average molecular weight is 206 g/mol. The van der Waals surface area contributed by atoms with Gasteiger partial charge in [0.25, 0.3) is 0 Å². The Kier molecular flexibility index (Phi) is 2.33. The molecule has 0 aliphatic heterocycles. The predicted octanol–water partition coefficient (Wildman–Crippen LogP) is 2.07. The highest BCUT2D eigenvalue weighted by Gasteiger charge is 2.16. The minimum absolute atomic E-state index is 0.169. The standard InChI is InChI=1S/C11H10O4/c1-14-11-7-4-2-3-5-8(7)15-9(11)6-10(12)13/h2-5H,6H2,1H3,(H,12,13). The summed E-state index contributed by atoms with van der Waals surface area (Å²) in [6.45, 7) is 0. The first-order chi connectivity index (χ1) is 7.22. The third-order valence-corrected chi connectivity index (χ3v) is 2.13. The van der Waals surface area contributed by atoms with E-state index >= 15 is 0 Å². The summed E-state index contributed by atoms with van der Waals surface area (Å²) in [7, 11) is 1.50. The maximum atomic E-state index is 10.6. The second-order valence-electron chi connectivity index (χ2n) is 3.13. The van der Waals surface area contributed by atoms with Gasteiger partial charge in [-0.2, -0.15) is 0 Å². The van der Waals surface area contributed by atoms with Gasteiger partial charge in [-0.15, -0.1) is 0 Å². The minimum Gasteiger partial charge on any atom is -0.492 e. The SMILES string of the molecule is COc1c(CC(=O)O)oc2ccccc12. The first-order valence-electron chi connectivity index (χ1n) is 4.48. The van der Waals surface area contributed by atoms with E-state index in [1.54, 1.807) is 6.07 Å². The van der Waals surface area contributed by atoms with Gasteiger partial charge in [-0.1, -0.05) is 12.1 Å². The average Bonchev–Trinajstić information content (AvgIpc) is 2.53. The van der Waals surface area contributed by atoms with Crippen LogP contribution in [0.5, 0.6) is 5.75 Å². The van der Waals surface area contributed by atoms with Crippen molar-refractivity contribution in [3.63, 3.8) is 0 Å². The van der Waals surface area contributed by atoms with Crippen LogP contribution in [-0.4, -0.2) is 18.2 Å². The van der Waals surface area contributed by atoms with Crippen molar-refractivity contribution in [2.75, 3.05) is 7.11 Å². The Morgan fingerprint density at radius 2 is 2.20 bits per heavy atom. The van der Waals surface area contributed by atoms with Crippen LogP contribution in [0, 0.1) is 0 Å². The van der Waals surface area contributed by atoms with E-state index in [9.17, 15) is 4.79 Å². The number of rotatable bonds is 3. The Labute approximate surface area is 86.1 Å². The fraction of sp³-hybridized carbons (Fsp3) is 0.182.